The molecule has 2 aromatic heterocycles. The van der Waals surface area contributed by atoms with Crippen molar-refractivity contribution in [2.75, 3.05) is 4.90 Å². The predicted molar refractivity (Wildman–Crippen MR) is 290 cm³/mol. The normalized spacial score (nSPS) is 11.5. The number of rotatable bonds is 9. The molecule has 0 aliphatic rings. The summed E-state index contributed by atoms with van der Waals surface area (Å²) in [5.41, 5.74) is 20.0. The van der Waals surface area contributed by atoms with E-state index in [1.165, 1.54) is 49.6 Å². The van der Waals surface area contributed by atoms with Crippen LogP contribution in [0.2, 0.25) is 0 Å². The lowest BCUT2D eigenvalue weighted by atomic mass is 9.92. The molecule has 0 unspecified atom stereocenters. The SMILES string of the molecule is c1ccc(-c2ccccc2-c2ccccc2N(c2ccc(-c3cccc(-c4cccc(-n5c6ccccc6c6ccccc65)c4)c3)cc2)c2ccccc2-c2cccc3oc4ccccc4c23)cc1. The number of fused-ring (bicyclic) bond motifs is 6. The third-order valence-electron chi connectivity index (χ3n) is 13.6. The van der Waals surface area contributed by atoms with Gasteiger partial charge >= 0.3 is 0 Å². The average Bonchev–Trinajstić information content (AvgIpc) is 3.98. The lowest BCUT2D eigenvalue weighted by Crippen LogP contribution is -2.12. The summed E-state index contributed by atoms with van der Waals surface area (Å²) in [5.74, 6) is 0. The van der Waals surface area contributed by atoms with Crippen LogP contribution in [-0.4, -0.2) is 4.57 Å². The summed E-state index contributed by atoms with van der Waals surface area (Å²) in [7, 11) is 0. The van der Waals surface area contributed by atoms with Crippen molar-refractivity contribution in [3.63, 3.8) is 0 Å². The molecule has 13 rings (SSSR count). The van der Waals surface area contributed by atoms with Gasteiger partial charge in [-0.1, -0.05) is 200 Å². The van der Waals surface area contributed by atoms with Crippen LogP contribution in [0.1, 0.15) is 0 Å². The summed E-state index contributed by atoms with van der Waals surface area (Å²) >= 11 is 0. The van der Waals surface area contributed by atoms with E-state index in [0.717, 1.165) is 72.5 Å². The highest BCUT2D eigenvalue weighted by atomic mass is 16.3. The summed E-state index contributed by atoms with van der Waals surface area (Å²) in [5, 5.41) is 4.73. The minimum absolute atomic E-state index is 0.872. The highest BCUT2D eigenvalue weighted by molar-refractivity contribution is 6.14. The van der Waals surface area contributed by atoms with E-state index in [1.54, 1.807) is 0 Å². The molecule has 2 heterocycles. The van der Waals surface area contributed by atoms with Gasteiger partial charge in [0, 0.05) is 44.0 Å². The number of benzene rings is 11. The van der Waals surface area contributed by atoms with Gasteiger partial charge in [0.15, 0.2) is 0 Å². The van der Waals surface area contributed by atoms with Crippen molar-refractivity contribution in [1.82, 2.24) is 4.57 Å². The van der Waals surface area contributed by atoms with Crippen LogP contribution in [-0.2, 0) is 0 Å². The van der Waals surface area contributed by atoms with Gasteiger partial charge in [-0.2, -0.15) is 0 Å². The number of aromatic nitrogens is 1. The van der Waals surface area contributed by atoms with Crippen molar-refractivity contribution in [1.29, 1.82) is 0 Å². The predicted octanol–water partition coefficient (Wildman–Crippen LogP) is 18.5. The molecule has 0 aliphatic heterocycles. The summed E-state index contributed by atoms with van der Waals surface area (Å²) in [6, 6.07) is 96.1. The van der Waals surface area contributed by atoms with Crippen molar-refractivity contribution in [3.8, 4) is 61.3 Å². The van der Waals surface area contributed by atoms with E-state index in [1.807, 2.05) is 6.07 Å². The molecular formula is C66H44N2O. The van der Waals surface area contributed by atoms with E-state index in [9.17, 15) is 0 Å². The van der Waals surface area contributed by atoms with Gasteiger partial charge in [0.2, 0.25) is 0 Å². The van der Waals surface area contributed by atoms with Gasteiger partial charge in [-0.15, -0.1) is 0 Å². The molecule has 0 radical (unpaired) electrons. The molecule has 0 amide bonds. The first-order chi connectivity index (χ1) is 34.2. The summed E-state index contributed by atoms with van der Waals surface area (Å²) in [6.45, 7) is 0. The minimum atomic E-state index is 0.872. The third kappa shape index (κ3) is 6.99. The van der Waals surface area contributed by atoms with Gasteiger partial charge in [-0.25, -0.2) is 0 Å². The quantitative estimate of drug-likeness (QED) is 0.144. The maximum Gasteiger partial charge on any atom is 0.136 e. The molecular weight excluding hydrogens is 837 g/mol. The Morgan fingerprint density at radius 1 is 0.290 bits per heavy atom. The molecule has 69 heavy (non-hydrogen) atoms. The molecule has 0 N–H and O–H groups in total. The third-order valence-corrected chi connectivity index (χ3v) is 13.6. The van der Waals surface area contributed by atoms with Gasteiger partial charge in [-0.05, 0) is 111 Å². The topological polar surface area (TPSA) is 21.3 Å². The number of para-hydroxylation sites is 5. The zero-order valence-electron chi connectivity index (χ0n) is 37.7. The van der Waals surface area contributed by atoms with Crippen LogP contribution < -0.4 is 4.90 Å². The molecule has 324 valence electrons. The first kappa shape index (κ1) is 40.1. The smallest absolute Gasteiger partial charge is 0.136 e. The monoisotopic (exact) mass is 880 g/mol. The highest BCUT2D eigenvalue weighted by Gasteiger charge is 2.23. The molecule has 0 bridgehead atoms. The second kappa shape index (κ2) is 16.9. The molecule has 11 aromatic carbocycles. The molecule has 0 fully saturated rings. The molecule has 0 saturated heterocycles. The Morgan fingerprint density at radius 3 is 1.48 bits per heavy atom. The van der Waals surface area contributed by atoms with Crippen LogP contribution in [0, 0.1) is 0 Å². The van der Waals surface area contributed by atoms with Crippen molar-refractivity contribution in [2.45, 2.75) is 0 Å². The minimum Gasteiger partial charge on any atom is -0.456 e. The van der Waals surface area contributed by atoms with Gasteiger partial charge in [0.1, 0.15) is 11.2 Å². The first-order valence-electron chi connectivity index (χ1n) is 23.6. The van der Waals surface area contributed by atoms with Gasteiger partial charge < -0.3 is 13.9 Å². The fourth-order valence-corrected chi connectivity index (χ4v) is 10.5. The van der Waals surface area contributed by atoms with Crippen LogP contribution in [0.15, 0.2) is 271 Å². The van der Waals surface area contributed by atoms with Crippen molar-refractivity contribution >= 4 is 60.8 Å². The maximum atomic E-state index is 6.45. The zero-order valence-corrected chi connectivity index (χ0v) is 37.7. The van der Waals surface area contributed by atoms with Crippen LogP contribution in [0.3, 0.4) is 0 Å². The van der Waals surface area contributed by atoms with E-state index >= 15 is 0 Å². The fraction of sp³-hybridized carbons (Fsp3) is 0. The molecule has 0 aliphatic carbocycles. The lowest BCUT2D eigenvalue weighted by Gasteiger charge is -2.30. The number of nitrogens with zero attached hydrogens (tertiary/aromatic N) is 2. The van der Waals surface area contributed by atoms with Crippen LogP contribution in [0.4, 0.5) is 17.1 Å². The van der Waals surface area contributed by atoms with E-state index < -0.39 is 0 Å². The van der Waals surface area contributed by atoms with Crippen molar-refractivity contribution in [3.05, 3.63) is 267 Å². The number of hydrogen-bond acceptors (Lipinski definition) is 2. The van der Waals surface area contributed by atoms with E-state index in [4.69, 9.17) is 4.42 Å². The molecule has 13 aromatic rings. The molecule has 0 saturated carbocycles. The van der Waals surface area contributed by atoms with E-state index in [2.05, 4.69) is 270 Å². The molecule has 0 spiro atoms. The van der Waals surface area contributed by atoms with Crippen LogP contribution in [0.5, 0.6) is 0 Å². The summed E-state index contributed by atoms with van der Waals surface area (Å²) < 4.78 is 8.83. The van der Waals surface area contributed by atoms with E-state index in [-0.39, 0.29) is 0 Å². The Bertz CT molecular complexity index is 3970. The lowest BCUT2D eigenvalue weighted by molar-refractivity contribution is 0.669. The summed E-state index contributed by atoms with van der Waals surface area (Å²) in [6.07, 6.45) is 0. The van der Waals surface area contributed by atoms with E-state index in [0.29, 0.717) is 0 Å². The number of hydrogen-bond donors (Lipinski definition) is 0. The van der Waals surface area contributed by atoms with Gasteiger partial charge in [-0.3, -0.25) is 0 Å². The Hall–Kier alpha value is -9.18. The van der Waals surface area contributed by atoms with Crippen LogP contribution in [0.25, 0.3) is 105 Å². The second-order valence-corrected chi connectivity index (χ2v) is 17.6. The molecule has 3 nitrogen and oxygen atoms in total. The average molecular weight is 881 g/mol. The Labute approximate surface area is 401 Å². The Kier molecular flexibility index (Phi) is 9.84. The second-order valence-electron chi connectivity index (χ2n) is 17.6. The maximum absolute atomic E-state index is 6.45. The first-order valence-corrected chi connectivity index (χ1v) is 23.6. The van der Waals surface area contributed by atoms with Crippen LogP contribution >= 0.6 is 0 Å². The van der Waals surface area contributed by atoms with Crippen molar-refractivity contribution < 1.29 is 4.42 Å². The molecule has 3 heteroatoms. The van der Waals surface area contributed by atoms with Gasteiger partial charge in [0.25, 0.3) is 0 Å². The summed E-state index contributed by atoms with van der Waals surface area (Å²) in [4.78, 5) is 2.44. The van der Waals surface area contributed by atoms with Crippen molar-refractivity contribution in [2.24, 2.45) is 0 Å². The number of anilines is 3. The Balaban J connectivity index is 0.942. The molecule has 0 atom stereocenters. The largest absolute Gasteiger partial charge is 0.456 e. The fourth-order valence-electron chi connectivity index (χ4n) is 10.5. The standard InChI is InChI=1S/C66H44N2O/c1-2-19-46(20-3-1)52-25-4-5-26-53(52)54-27-6-11-33-60(54)67(63-36-14-9-30-57(63)58-32-18-38-65-66(58)59-31-10-15-37-64(59)69-65)50-41-39-45(40-42-50)47-21-16-22-48(43-47)49-23-17-24-51(44-49)68-61-34-12-7-28-55(61)56-29-8-13-35-62(56)68/h1-44H. The Morgan fingerprint density at radius 2 is 0.768 bits per heavy atom. The van der Waals surface area contributed by atoms with Gasteiger partial charge in [0.05, 0.1) is 22.4 Å². The highest BCUT2D eigenvalue weighted by Crippen LogP contribution is 2.48. The zero-order chi connectivity index (χ0) is 45.7. The number of furan rings is 1.